The van der Waals surface area contributed by atoms with Crippen LogP contribution >= 0.6 is 11.3 Å². The predicted octanol–water partition coefficient (Wildman–Crippen LogP) is 3.95. The van der Waals surface area contributed by atoms with Gasteiger partial charge in [-0.3, -0.25) is 4.79 Å². The summed E-state index contributed by atoms with van der Waals surface area (Å²) in [5.41, 5.74) is -0.643. The topological polar surface area (TPSA) is 54.0 Å². The Morgan fingerprint density at radius 1 is 1.27 bits per heavy atom. The first-order valence-corrected chi connectivity index (χ1v) is 9.83. The zero-order chi connectivity index (χ0) is 18.1. The number of carbonyl (C=O) groups is 1. The molecule has 2 aliphatic rings. The second-order valence-corrected chi connectivity index (χ2v) is 8.17. The van der Waals surface area contributed by atoms with Gasteiger partial charge in [0.25, 0.3) is 0 Å². The highest BCUT2D eigenvalue weighted by molar-refractivity contribution is 7.15. The van der Waals surface area contributed by atoms with Gasteiger partial charge in [-0.15, -0.1) is 11.3 Å². The number of hydrogen-bond donors (Lipinski definition) is 2. The number of amides is 1. The molecule has 1 aliphatic carbocycles. The van der Waals surface area contributed by atoms with Crippen LogP contribution < -0.4 is 10.6 Å². The highest BCUT2D eigenvalue weighted by Crippen LogP contribution is 2.46. The largest absolute Gasteiger partial charge is 0.317 e. The number of piperidine rings is 1. The molecule has 4 nitrogen and oxygen atoms in total. The van der Waals surface area contributed by atoms with Crippen molar-refractivity contribution in [2.24, 2.45) is 0 Å². The van der Waals surface area contributed by atoms with Gasteiger partial charge in [-0.1, -0.05) is 12.5 Å². The normalized spacial score (nSPS) is 19.8. The molecule has 0 spiro atoms. The third kappa shape index (κ3) is 3.14. The van der Waals surface area contributed by atoms with Crippen LogP contribution in [-0.4, -0.2) is 24.0 Å². The summed E-state index contributed by atoms with van der Waals surface area (Å²) < 4.78 is 27.5. The summed E-state index contributed by atoms with van der Waals surface area (Å²) in [7, 11) is 0. The summed E-state index contributed by atoms with van der Waals surface area (Å²) in [6.07, 6.45) is 5.95. The van der Waals surface area contributed by atoms with Gasteiger partial charge in [0.15, 0.2) is 5.13 Å². The second-order valence-electron chi connectivity index (χ2n) is 7.11. The van der Waals surface area contributed by atoms with Crippen LogP contribution in [0.3, 0.4) is 0 Å². The first kappa shape index (κ1) is 17.5. The molecule has 1 aliphatic heterocycles. The van der Waals surface area contributed by atoms with Gasteiger partial charge >= 0.3 is 0 Å². The predicted molar refractivity (Wildman–Crippen MR) is 97.5 cm³/mol. The lowest BCUT2D eigenvalue weighted by molar-refractivity contribution is -0.124. The first-order chi connectivity index (χ1) is 12.6. The minimum Gasteiger partial charge on any atom is -0.317 e. The number of benzene rings is 1. The Morgan fingerprint density at radius 2 is 2.04 bits per heavy atom. The molecular weight excluding hydrogens is 356 g/mol. The van der Waals surface area contributed by atoms with Crippen LogP contribution in [0, 0.1) is 11.6 Å². The van der Waals surface area contributed by atoms with Crippen LogP contribution in [0.2, 0.25) is 0 Å². The van der Waals surface area contributed by atoms with Gasteiger partial charge in [0.1, 0.15) is 11.6 Å². The molecule has 1 saturated carbocycles. The molecule has 2 aromatic rings. The van der Waals surface area contributed by atoms with E-state index in [2.05, 4.69) is 15.6 Å². The molecule has 2 N–H and O–H groups in total. The van der Waals surface area contributed by atoms with Crippen LogP contribution in [0.15, 0.2) is 24.4 Å². The van der Waals surface area contributed by atoms with Gasteiger partial charge in [0.2, 0.25) is 5.91 Å². The number of nitrogens with one attached hydrogen (secondary N) is 2. The van der Waals surface area contributed by atoms with Crippen molar-refractivity contribution in [3.8, 4) is 0 Å². The van der Waals surface area contributed by atoms with Crippen molar-refractivity contribution in [3.63, 3.8) is 0 Å². The Balaban J connectivity index is 1.52. The van der Waals surface area contributed by atoms with E-state index in [9.17, 15) is 13.6 Å². The van der Waals surface area contributed by atoms with Crippen LogP contribution in [0.4, 0.5) is 13.9 Å². The minimum atomic E-state index is -0.918. The lowest BCUT2D eigenvalue weighted by Crippen LogP contribution is -2.46. The number of carbonyl (C=O) groups excluding carboxylic acids is 1. The van der Waals surface area contributed by atoms with Crippen molar-refractivity contribution in [1.82, 2.24) is 10.3 Å². The summed E-state index contributed by atoms with van der Waals surface area (Å²) in [6.45, 7) is 1.99. The van der Waals surface area contributed by atoms with Gasteiger partial charge in [-0.2, -0.15) is 0 Å². The van der Waals surface area contributed by atoms with E-state index in [1.54, 1.807) is 0 Å². The maximum absolute atomic E-state index is 14.3. The second kappa shape index (κ2) is 7.04. The lowest BCUT2D eigenvalue weighted by atomic mass is 9.63. The summed E-state index contributed by atoms with van der Waals surface area (Å²) in [5.74, 6) is -1.06. The smallest absolute Gasteiger partial charge is 0.236 e. The van der Waals surface area contributed by atoms with Gasteiger partial charge in [0, 0.05) is 22.7 Å². The molecule has 0 atom stereocenters. The fraction of sp³-hybridized carbons (Fsp3) is 0.474. The Morgan fingerprint density at radius 3 is 2.69 bits per heavy atom. The molecule has 0 bridgehead atoms. The summed E-state index contributed by atoms with van der Waals surface area (Å²) in [6, 6.07) is 3.46. The Kier molecular flexibility index (Phi) is 4.75. The van der Waals surface area contributed by atoms with E-state index in [1.807, 2.05) is 6.20 Å². The number of thiazole rings is 1. The average molecular weight is 377 g/mol. The van der Waals surface area contributed by atoms with E-state index in [4.69, 9.17) is 0 Å². The molecule has 0 unspecified atom stereocenters. The average Bonchev–Trinajstić information content (AvgIpc) is 3.05. The zero-order valence-electron chi connectivity index (χ0n) is 14.4. The number of anilines is 1. The Hall–Kier alpha value is -1.86. The fourth-order valence-electron chi connectivity index (χ4n) is 3.88. The summed E-state index contributed by atoms with van der Waals surface area (Å²) in [4.78, 5) is 18.4. The third-order valence-corrected chi connectivity index (χ3v) is 6.65. The van der Waals surface area contributed by atoms with Crippen molar-refractivity contribution in [2.45, 2.75) is 43.4 Å². The Bertz CT molecular complexity index is 813. The maximum atomic E-state index is 14.3. The van der Waals surface area contributed by atoms with Crippen molar-refractivity contribution in [3.05, 3.63) is 46.5 Å². The molecule has 138 valence electrons. The van der Waals surface area contributed by atoms with E-state index in [-0.39, 0.29) is 11.5 Å². The molecule has 1 aromatic heterocycles. The third-order valence-electron chi connectivity index (χ3n) is 5.57. The van der Waals surface area contributed by atoms with Gasteiger partial charge < -0.3 is 10.6 Å². The molecule has 4 rings (SSSR count). The number of aromatic nitrogens is 1. The molecule has 1 aromatic carbocycles. The quantitative estimate of drug-likeness (QED) is 0.848. The molecule has 0 radical (unpaired) electrons. The highest BCUT2D eigenvalue weighted by Gasteiger charge is 2.47. The van der Waals surface area contributed by atoms with Crippen LogP contribution in [-0.2, 0) is 10.2 Å². The van der Waals surface area contributed by atoms with Crippen molar-refractivity contribution in [2.75, 3.05) is 18.4 Å². The summed E-state index contributed by atoms with van der Waals surface area (Å²) in [5, 5.41) is 6.77. The molecule has 2 fully saturated rings. The minimum absolute atomic E-state index is 0.250. The van der Waals surface area contributed by atoms with E-state index in [1.165, 1.54) is 28.3 Å². The van der Waals surface area contributed by atoms with Gasteiger partial charge in [-0.25, -0.2) is 13.8 Å². The number of hydrogen-bond acceptors (Lipinski definition) is 4. The van der Waals surface area contributed by atoms with Gasteiger partial charge in [0.05, 0.1) is 5.41 Å². The zero-order valence-corrected chi connectivity index (χ0v) is 15.2. The van der Waals surface area contributed by atoms with E-state index in [0.717, 1.165) is 38.4 Å². The highest BCUT2D eigenvalue weighted by atomic mass is 32.1. The number of nitrogens with zero attached hydrogens (tertiary/aromatic N) is 1. The van der Waals surface area contributed by atoms with E-state index < -0.39 is 17.0 Å². The maximum Gasteiger partial charge on any atom is 0.236 e. The number of rotatable bonds is 4. The molecule has 1 amide bonds. The van der Waals surface area contributed by atoms with Crippen molar-refractivity contribution >= 4 is 22.4 Å². The lowest BCUT2D eigenvalue weighted by Gasteiger charge is -2.40. The molecular formula is C19H21F2N3OS. The first-order valence-electron chi connectivity index (χ1n) is 9.02. The molecule has 7 heteroatoms. The molecule has 2 heterocycles. The van der Waals surface area contributed by atoms with Gasteiger partial charge in [-0.05, 0) is 50.8 Å². The standard InChI is InChI=1S/C19H21F2N3OS/c20-13-2-3-14(15(21)10-13)19(6-1-7-19)17(25)24-18-23-11-16(26-18)12-4-8-22-9-5-12/h2-3,10-12,22H,1,4-9H2,(H,23,24,25). The monoisotopic (exact) mass is 377 g/mol. The van der Waals surface area contributed by atoms with Crippen molar-refractivity contribution in [1.29, 1.82) is 0 Å². The van der Waals surface area contributed by atoms with Crippen LogP contribution in [0.5, 0.6) is 0 Å². The molecule has 26 heavy (non-hydrogen) atoms. The SMILES string of the molecule is O=C(Nc1ncc(C2CCNCC2)s1)C1(c2ccc(F)cc2F)CCC1. The van der Waals surface area contributed by atoms with Crippen LogP contribution in [0.1, 0.15) is 48.5 Å². The Labute approximate surface area is 155 Å². The molecule has 1 saturated heterocycles. The van der Waals surface area contributed by atoms with Crippen molar-refractivity contribution < 1.29 is 13.6 Å². The summed E-state index contributed by atoms with van der Waals surface area (Å²) >= 11 is 1.50. The van der Waals surface area contributed by atoms with E-state index in [0.29, 0.717) is 23.9 Å². The fourth-order valence-corrected chi connectivity index (χ4v) is 4.86. The van der Waals surface area contributed by atoms with E-state index >= 15 is 0 Å². The number of halogens is 2. The van der Waals surface area contributed by atoms with Crippen LogP contribution in [0.25, 0.3) is 0 Å².